The molecule has 0 amide bonds. The second-order valence-corrected chi connectivity index (χ2v) is 33.5. The summed E-state index contributed by atoms with van der Waals surface area (Å²) in [7, 11) is -9.92. The van der Waals surface area contributed by atoms with Crippen LogP contribution in [-0.2, 0) is 65.4 Å². The molecule has 0 rings (SSSR count). The standard InChI is InChI=1S/C85H166O17P2/c1-5-9-13-17-21-25-28-31-34-37-38-39-40-41-44-47-50-53-56-60-64-68-72-85(90)102-81(76-96-83(88)70-66-62-58-54-51-48-45-42-35-32-29-26-22-18-14-10-6-2)78-100-104(93,94)98-74-79(86)73-97-103(91,92)99-77-80(75-95-82(87)69-65-61-57-24-20-16-12-8-4)101-84(89)71-67-63-59-55-52-49-46-43-36-33-30-27-23-19-15-11-7-3/h79-81,86H,5-78H2,1-4H3,(H,91,92)(H,93,94)/t79-,80+,81+/m0/s1. The second kappa shape index (κ2) is 79.2. The fraction of sp³-hybridized carbons (Fsp3) is 0.953. The quantitative estimate of drug-likeness (QED) is 0.0222. The summed E-state index contributed by atoms with van der Waals surface area (Å²) in [6.45, 7) is 5.02. The Balaban J connectivity index is 5.17. The van der Waals surface area contributed by atoms with Crippen LogP contribution >= 0.6 is 15.6 Å². The van der Waals surface area contributed by atoms with Gasteiger partial charge in [0.1, 0.15) is 19.3 Å². The van der Waals surface area contributed by atoms with Gasteiger partial charge in [0.2, 0.25) is 0 Å². The number of ether oxygens (including phenoxy) is 4. The van der Waals surface area contributed by atoms with Gasteiger partial charge in [0, 0.05) is 25.7 Å². The molecule has 0 heterocycles. The number of aliphatic hydroxyl groups is 1. The van der Waals surface area contributed by atoms with Crippen LogP contribution in [0.25, 0.3) is 0 Å². The van der Waals surface area contributed by atoms with Crippen molar-refractivity contribution in [3.05, 3.63) is 0 Å². The number of esters is 4. The molecule has 19 heteroatoms. The maximum Gasteiger partial charge on any atom is 0.472 e. The maximum atomic E-state index is 13.1. The van der Waals surface area contributed by atoms with Crippen molar-refractivity contribution in [1.82, 2.24) is 0 Å². The highest BCUT2D eigenvalue weighted by Gasteiger charge is 2.30. The highest BCUT2D eigenvalue weighted by atomic mass is 31.2. The molecular formula is C85H166O17P2. The lowest BCUT2D eigenvalue weighted by molar-refractivity contribution is -0.161. The van der Waals surface area contributed by atoms with Crippen molar-refractivity contribution < 1.29 is 80.2 Å². The molecule has 0 saturated heterocycles. The molecule has 0 aliphatic rings. The van der Waals surface area contributed by atoms with Crippen LogP contribution in [0.5, 0.6) is 0 Å². The van der Waals surface area contributed by atoms with Gasteiger partial charge in [-0.1, -0.05) is 413 Å². The van der Waals surface area contributed by atoms with Crippen molar-refractivity contribution in [2.75, 3.05) is 39.6 Å². The van der Waals surface area contributed by atoms with Gasteiger partial charge in [0.05, 0.1) is 26.4 Å². The van der Waals surface area contributed by atoms with E-state index in [0.717, 1.165) is 89.9 Å². The monoisotopic (exact) mass is 1520 g/mol. The van der Waals surface area contributed by atoms with Crippen LogP contribution in [0.15, 0.2) is 0 Å². The van der Waals surface area contributed by atoms with Crippen LogP contribution < -0.4 is 0 Å². The van der Waals surface area contributed by atoms with E-state index in [0.29, 0.717) is 25.7 Å². The number of phosphoric ester groups is 2. The first-order valence-corrected chi connectivity index (χ1v) is 47.3. The molecule has 2 unspecified atom stereocenters. The summed E-state index contributed by atoms with van der Waals surface area (Å²) >= 11 is 0. The number of hydrogen-bond acceptors (Lipinski definition) is 15. The van der Waals surface area contributed by atoms with Crippen molar-refractivity contribution in [3.63, 3.8) is 0 Å². The van der Waals surface area contributed by atoms with Crippen molar-refractivity contribution in [2.24, 2.45) is 0 Å². The van der Waals surface area contributed by atoms with Crippen LogP contribution in [-0.4, -0.2) is 96.7 Å². The Morgan fingerprint density at radius 1 is 0.231 bits per heavy atom. The molecule has 17 nitrogen and oxygen atoms in total. The zero-order chi connectivity index (χ0) is 76.0. The number of aliphatic hydroxyl groups excluding tert-OH is 1. The Bertz CT molecular complexity index is 1960. The molecule has 0 spiro atoms. The number of carbonyl (C=O) groups is 4. The summed E-state index contributed by atoms with van der Waals surface area (Å²) < 4.78 is 68.8. The molecule has 0 aliphatic carbocycles. The van der Waals surface area contributed by atoms with E-state index in [1.807, 2.05) is 0 Å². The van der Waals surface area contributed by atoms with Crippen molar-refractivity contribution in [3.8, 4) is 0 Å². The Morgan fingerprint density at radius 2 is 0.385 bits per heavy atom. The molecule has 0 saturated carbocycles. The second-order valence-electron chi connectivity index (χ2n) is 30.6. The SMILES string of the molecule is CCCCCCCCCCCCCCCCCCCCCCCCC(=O)O[C@H](COC(=O)CCCCCCCCCCCCCCCCCCC)COP(=O)(O)OC[C@@H](O)COP(=O)(O)OC[C@@H](COC(=O)CCCCCCCCCC)OC(=O)CCCCCCCCCCCCCCCCCCC. The third-order valence-electron chi connectivity index (χ3n) is 20.1. The fourth-order valence-corrected chi connectivity index (χ4v) is 14.9. The fourth-order valence-electron chi connectivity index (χ4n) is 13.3. The van der Waals surface area contributed by atoms with Gasteiger partial charge in [-0.3, -0.25) is 37.3 Å². The number of carbonyl (C=O) groups excluding carboxylic acids is 4. The Kier molecular flexibility index (Phi) is 77.7. The Morgan fingerprint density at radius 3 is 0.567 bits per heavy atom. The predicted octanol–water partition coefficient (Wildman–Crippen LogP) is 26.1. The van der Waals surface area contributed by atoms with Gasteiger partial charge in [-0.25, -0.2) is 9.13 Å². The van der Waals surface area contributed by atoms with Gasteiger partial charge >= 0.3 is 39.5 Å². The Hall–Kier alpha value is -1.94. The minimum atomic E-state index is -4.96. The minimum absolute atomic E-state index is 0.109. The van der Waals surface area contributed by atoms with Gasteiger partial charge in [-0.05, 0) is 25.7 Å². The largest absolute Gasteiger partial charge is 0.472 e. The molecule has 104 heavy (non-hydrogen) atoms. The minimum Gasteiger partial charge on any atom is -0.462 e. The third kappa shape index (κ3) is 78.2. The van der Waals surface area contributed by atoms with Crippen molar-refractivity contribution in [1.29, 1.82) is 0 Å². The van der Waals surface area contributed by atoms with Crippen LogP contribution in [0.2, 0.25) is 0 Å². The smallest absolute Gasteiger partial charge is 0.462 e. The van der Waals surface area contributed by atoms with Gasteiger partial charge in [-0.2, -0.15) is 0 Å². The highest BCUT2D eigenvalue weighted by Crippen LogP contribution is 2.45. The molecule has 618 valence electrons. The lowest BCUT2D eigenvalue weighted by Gasteiger charge is -2.21. The average Bonchev–Trinajstić information content (AvgIpc) is 0.907. The lowest BCUT2D eigenvalue weighted by Crippen LogP contribution is -2.30. The van der Waals surface area contributed by atoms with E-state index < -0.39 is 97.5 Å². The van der Waals surface area contributed by atoms with E-state index in [1.54, 1.807) is 0 Å². The molecule has 0 aromatic rings. The predicted molar refractivity (Wildman–Crippen MR) is 428 cm³/mol. The lowest BCUT2D eigenvalue weighted by atomic mass is 10.0. The maximum absolute atomic E-state index is 13.1. The molecule has 3 N–H and O–H groups in total. The third-order valence-corrected chi connectivity index (χ3v) is 22.0. The molecule has 0 aromatic carbocycles. The van der Waals surface area contributed by atoms with Gasteiger partial charge < -0.3 is 33.8 Å². The summed E-state index contributed by atoms with van der Waals surface area (Å²) in [5.74, 6) is -2.10. The molecule has 0 fully saturated rings. The van der Waals surface area contributed by atoms with Crippen LogP contribution in [0.1, 0.15) is 464 Å². The van der Waals surface area contributed by atoms with Crippen molar-refractivity contribution in [2.45, 2.75) is 483 Å². The number of rotatable bonds is 86. The summed E-state index contributed by atoms with van der Waals surface area (Å²) in [5, 5.41) is 10.7. The average molecular weight is 1520 g/mol. The first kappa shape index (κ1) is 102. The van der Waals surface area contributed by atoms with E-state index in [-0.39, 0.29) is 25.7 Å². The molecular weight excluding hydrogens is 1350 g/mol. The first-order valence-electron chi connectivity index (χ1n) is 44.3. The Labute approximate surface area is 638 Å². The van der Waals surface area contributed by atoms with Crippen LogP contribution in [0.3, 0.4) is 0 Å². The van der Waals surface area contributed by atoms with Crippen LogP contribution in [0.4, 0.5) is 0 Å². The molecule has 0 aliphatic heterocycles. The van der Waals surface area contributed by atoms with E-state index in [1.165, 1.54) is 295 Å². The van der Waals surface area contributed by atoms with E-state index in [2.05, 4.69) is 27.7 Å². The summed E-state index contributed by atoms with van der Waals surface area (Å²) in [4.78, 5) is 73.1. The number of unbranched alkanes of at least 4 members (excludes halogenated alkanes) is 60. The topological polar surface area (TPSA) is 237 Å². The van der Waals surface area contributed by atoms with E-state index in [4.69, 9.17) is 37.0 Å². The summed E-state index contributed by atoms with van der Waals surface area (Å²) in [6.07, 6.45) is 73.8. The van der Waals surface area contributed by atoms with Gasteiger partial charge in [0.25, 0.3) is 0 Å². The number of phosphoric acid groups is 2. The zero-order valence-corrected chi connectivity index (χ0v) is 69.8. The van der Waals surface area contributed by atoms with Gasteiger partial charge in [0.15, 0.2) is 12.2 Å². The molecule has 0 aromatic heterocycles. The van der Waals surface area contributed by atoms with Crippen LogP contribution in [0, 0.1) is 0 Å². The number of hydrogen-bond donors (Lipinski definition) is 3. The van der Waals surface area contributed by atoms with E-state index >= 15 is 0 Å². The van der Waals surface area contributed by atoms with Crippen molar-refractivity contribution >= 4 is 39.5 Å². The summed E-state index contributed by atoms with van der Waals surface area (Å²) in [6, 6.07) is 0. The van der Waals surface area contributed by atoms with Gasteiger partial charge in [-0.15, -0.1) is 0 Å². The summed E-state index contributed by atoms with van der Waals surface area (Å²) in [5.41, 5.74) is 0. The normalized spacial score (nSPS) is 13.7. The van der Waals surface area contributed by atoms with E-state index in [9.17, 15) is 43.2 Å². The first-order chi connectivity index (χ1) is 50.7. The molecule has 0 radical (unpaired) electrons. The zero-order valence-electron chi connectivity index (χ0n) is 68.0. The molecule has 5 atom stereocenters. The highest BCUT2D eigenvalue weighted by molar-refractivity contribution is 7.47. The molecule has 0 bridgehead atoms.